The lowest BCUT2D eigenvalue weighted by Crippen LogP contribution is -2.25. The molecular formula is C17H22N4O5. The fourth-order valence-electron chi connectivity index (χ4n) is 2.49. The van der Waals surface area contributed by atoms with Crippen LogP contribution in [-0.4, -0.2) is 45.1 Å². The number of ether oxygens (including phenoxy) is 3. The van der Waals surface area contributed by atoms with Crippen LogP contribution >= 0.6 is 0 Å². The Hall–Kier alpha value is -3.10. The first kappa shape index (κ1) is 19.2. The summed E-state index contributed by atoms with van der Waals surface area (Å²) in [6.07, 6.45) is 1.99. The van der Waals surface area contributed by atoms with Crippen LogP contribution < -0.4 is 25.1 Å². The lowest BCUT2D eigenvalue weighted by Gasteiger charge is -2.11. The Kier molecular flexibility index (Phi) is 6.54. The highest BCUT2D eigenvalue weighted by molar-refractivity contribution is 6.07. The van der Waals surface area contributed by atoms with Crippen LogP contribution in [0.2, 0.25) is 0 Å². The van der Waals surface area contributed by atoms with Gasteiger partial charge in [0.15, 0.2) is 11.5 Å². The number of nitrogens with one attached hydrogen (secondary N) is 2. The fourth-order valence-corrected chi connectivity index (χ4v) is 2.49. The zero-order chi connectivity index (χ0) is 19.1. The summed E-state index contributed by atoms with van der Waals surface area (Å²) < 4.78 is 15.7. The maximum atomic E-state index is 11.9. The number of amides is 2. The van der Waals surface area contributed by atoms with Crippen molar-refractivity contribution in [1.82, 2.24) is 10.9 Å². The van der Waals surface area contributed by atoms with Crippen molar-refractivity contribution in [3.05, 3.63) is 17.7 Å². The quantitative estimate of drug-likeness (QED) is 0.531. The first-order valence-electron chi connectivity index (χ1n) is 7.96. The monoisotopic (exact) mass is 362 g/mol. The topological polar surface area (TPSA) is 111 Å². The van der Waals surface area contributed by atoms with Gasteiger partial charge < -0.3 is 14.2 Å². The number of nitrogens with zero attached hydrogens (tertiary/aromatic N) is 2. The number of carbonyl (C=O) groups excluding carboxylic acids is 2. The first-order chi connectivity index (χ1) is 12.5. The van der Waals surface area contributed by atoms with Crippen LogP contribution in [0.15, 0.2) is 22.3 Å². The number of carbonyl (C=O) groups is 2. The highest BCUT2D eigenvalue weighted by Crippen LogP contribution is 2.33. The van der Waals surface area contributed by atoms with Gasteiger partial charge in [-0.25, -0.2) is 10.9 Å². The third kappa shape index (κ3) is 4.50. The maximum Gasteiger partial charge on any atom is 0.248 e. The number of hydrogen-bond acceptors (Lipinski definition) is 7. The average Bonchev–Trinajstić information content (AvgIpc) is 2.97. The normalized spacial score (nSPS) is 16.2. The minimum Gasteiger partial charge on any atom is -0.496 e. The molecule has 1 heterocycles. The Bertz CT molecular complexity index is 745. The number of methoxy groups -OCH3 is 3. The molecule has 26 heavy (non-hydrogen) atoms. The summed E-state index contributed by atoms with van der Waals surface area (Å²) in [5, 5.41) is 7.78. The molecule has 1 aliphatic rings. The zero-order valence-electron chi connectivity index (χ0n) is 15.2. The van der Waals surface area contributed by atoms with E-state index >= 15 is 0 Å². The van der Waals surface area contributed by atoms with Gasteiger partial charge in [0.2, 0.25) is 11.8 Å². The van der Waals surface area contributed by atoms with Crippen molar-refractivity contribution >= 4 is 23.7 Å². The van der Waals surface area contributed by atoms with Gasteiger partial charge in [-0.3, -0.25) is 9.59 Å². The second kappa shape index (κ2) is 8.84. The van der Waals surface area contributed by atoms with Gasteiger partial charge in [-0.05, 0) is 19.4 Å². The summed E-state index contributed by atoms with van der Waals surface area (Å²) in [6.45, 7) is 1.75. The molecule has 2 rings (SSSR count). The standard InChI is InChI=1S/C17H22N4O5/c1-10-12(17(23)21-19-10)5-6-16(22)20-18-9-11-7-14(25-3)15(26-4)8-13(11)24-2/h7-9,12H,5-6H2,1-4H3,(H,20,22)(H,21,23)/b18-9-/t12-/m0/s1. The molecule has 0 aliphatic carbocycles. The lowest BCUT2D eigenvalue weighted by molar-refractivity contribution is -0.123. The first-order valence-corrected chi connectivity index (χ1v) is 7.96. The molecule has 0 saturated carbocycles. The van der Waals surface area contributed by atoms with Gasteiger partial charge in [-0.1, -0.05) is 0 Å². The molecule has 0 bridgehead atoms. The van der Waals surface area contributed by atoms with Crippen molar-refractivity contribution in [2.75, 3.05) is 21.3 Å². The van der Waals surface area contributed by atoms with Crippen LogP contribution in [0.1, 0.15) is 25.3 Å². The Labute approximate surface area is 151 Å². The Morgan fingerprint density at radius 3 is 2.46 bits per heavy atom. The van der Waals surface area contributed by atoms with Crippen molar-refractivity contribution in [3.8, 4) is 17.2 Å². The van der Waals surface area contributed by atoms with Crippen LogP contribution in [0.5, 0.6) is 17.2 Å². The van der Waals surface area contributed by atoms with Crippen LogP contribution in [0.25, 0.3) is 0 Å². The third-order valence-corrected chi connectivity index (χ3v) is 3.95. The smallest absolute Gasteiger partial charge is 0.248 e. The van der Waals surface area contributed by atoms with E-state index in [9.17, 15) is 9.59 Å². The van der Waals surface area contributed by atoms with Crippen LogP contribution in [0.4, 0.5) is 0 Å². The van der Waals surface area contributed by atoms with E-state index in [2.05, 4.69) is 21.1 Å². The Morgan fingerprint density at radius 2 is 1.88 bits per heavy atom. The predicted octanol–water partition coefficient (Wildman–Crippen LogP) is 1.06. The van der Waals surface area contributed by atoms with Gasteiger partial charge in [-0.15, -0.1) is 0 Å². The minimum absolute atomic E-state index is 0.158. The summed E-state index contributed by atoms with van der Waals surface area (Å²) in [4.78, 5) is 23.5. The summed E-state index contributed by atoms with van der Waals surface area (Å²) in [6, 6.07) is 3.36. The van der Waals surface area contributed by atoms with E-state index in [1.165, 1.54) is 27.5 Å². The number of rotatable bonds is 8. The highest BCUT2D eigenvalue weighted by atomic mass is 16.5. The van der Waals surface area contributed by atoms with Crippen molar-refractivity contribution in [2.45, 2.75) is 19.8 Å². The van der Waals surface area contributed by atoms with Crippen LogP contribution in [-0.2, 0) is 9.59 Å². The van der Waals surface area contributed by atoms with Crippen molar-refractivity contribution in [1.29, 1.82) is 0 Å². The van der Waals surface area contributed by atoms with E-state index in [1.807, 2.05) is 0 Å². The molecule has 9 heteroatoms. The molecule has 1 aliphatic heterocycles. The molecule has 1 aromatic rings. The zero-order valence-corrected chi connectivity index (χ0v) is 15.2. The molecule has 9 nitrogen and oxygen atoms in total. The fraction of sp³-hybridized carbons (Fsp3) is 0.412. The Morgan fingerprint density at radius 1 is 1.23 bits per heavy atom. The molecule has 0 spiro atoms. The summed E-state index contributed by atoms with van der Waals surface area (Å²) in [5.41, 5.74) is 6.12. The van der Waals surface area contributed by atoms with E-state index in [1.54, 1.807) is 19.1 Å². The van der Waals surface area contributed by atoms with Crippen LogP contribution in [0, 0.1) is 5.92 Å². The van der Waals surface area contributed by atoms with Crippen molar-refractivity contribution in [3.63, 3.8) is 0 Å². The molecule has 0 fully saturated rings. The third-order valence-electron chi connectivity index (χ3n) is 3.95. The highest BCUT2D eigenvalue weighted by Gasteiger charge is 2.26. The van der Waals surface area contributed by atoms with Crippen molar-refractivity contribution < 1.29 is 23.8 Å². The molecular weight excluding hydrogens is 340 g/mol. The summed E-state index contributed by atoms with van der Waals surface area (Å²) >= 11 is 0. The minimum atomic E-state index is -0.365. The van der Waals surface area contributed by atoms with Gasteiger partial charge in [-0.2, -0.15) is 10.2 Å². The van der Waals surface area contributed by atoms with Gasteiger partial charge >= 0.3 is 0 Å². The van der Waals surface area contributed by atoms with Crippen molar-refractivity contribution in [2.24, 2.45) is 16.1 Å². The van der Waals surface area contributed by atoms with E-state index in [4.69, 9.17) is 14.2 Å². The van der Waals surface area contributed by atoms with E-state index in [-0.39, 0.29) is 24.2 Å². The molecule has 2 amide bonds. The molecule has 0 radical (unpaired) electrons. The second-order valence-electron chi connectivity index (χ2n) is 5.56. The average molecular weight is 362 g/mol. The molecule has 1 atom stereocenters. The van der Waals surface area contributed by atoms with Gasteiger partial charge in [0.1, 0.15) is 5.75 Å². The number of benzene rings is 1. The number of hydrogen-bond donors (Lipinski definition) is 2. The van der Waals surface area contributed by atoms with E-state index in [0.717, 1.165) is 0 Å². The summed E-state index contributed by atoms with van der Waals surface area (Å²) in [5.74, 6) is 0.716. The molecule has 1 aromatic carbocycles. The molecule has 0 aromatic heterocycles. The van der Waals surface area contributed by atoms with Crippen LogP contribution in [0.3, 0.4) is 0 Å². The van der Waals surface area contributed by atoms with E-state index in [0.29, 0.717) is 34.9 Å². The molecule has 140 valence electrons. The van der Waals surface area contributed by atoms with E-state index < -0.39 is 0 Å². The molecule has 2 N–H and O–H groups in total. The summed E-state index contributed by atoms with van der Waals surface area (Å²) in [7, 11) is 4.58. The van der Waals surface area contributed by atoms with Gasteiger partial charge in [0, 0.05) is 23.8 Å². The van der Waals surface area contributed by atoms with Gasteiger partial charge in [0.05, 0.1) is 33.5 Å². The maximum absolute atomic E-state index is 11.9. The SMILES string of the molecule is COc1cc(OC)c(OC)cc1/C=N\NC(=O)CC[C@@H]1C(=O)NN=C1C. The molecule has 0 saturated heterocycles. The van der Waals surface area contributed by atoms with Gasteiger partial charge in [0.25, 0.3) is 0 Å². The lowest BCUT2D eigenvalue weighted by atomic mass is 9.99. The second-order valence-corrected chi connectivity index (χ2v) is 5.56. The predicted molar refractivity (Wildman–Crippen MR) is 95.8 cm³/mol. The largest absolute Gasteiger partial charge is 0.496 e. The molecule has 0 unspecified atom stereocenters. The number of hydrazone groups is 2. The Balaban J connectivity index is 1.96.